The maximum absolute atomic E-state index is 2.24. The van der Waals surface area contributed by atoms with Gasteiger partial charge < -0.3 is 0 Å². The Morgan fingerprint density at radius 1 is 1.43 bits per heavy atom. The van der Waals surface area contributed by atoms with E-state index in [9.17, 15) is 0 Å². The molecule has 0 bridgehead atoms. The third-order valence-electron chi connectivity index (χ3n) is 0.818. The predicted molar refractivity (Wildman–Crippen MR) is 38.4 cm³/mol. The summed E-state index contributed by atoms with van der Waals surface area (Å²) in [5, 5.41) is 2.18. The second-order valence-corrected chi connectivity index (χ2v) is 3.83. The Bertz CT molecular complexity index is 60.5. The van der Waals surface area contributed by atoms with Gasteiger partial charge in [-0.2, -0.15) is 0 Å². The first-order chi connectivity index (χ1) is 3.50. The Morgan fingerprint density at radius 3 is 3.43 bits per heavy atom. The molecule has 0 N–H and O–H groups in total. The molecule has 7 heavy (non-hydrogen) atoms. The fourth-order valence-electron chi connectivity index (χ4n) is 0.455. The highest BCUT2D eigenvalue weighted by molar-refractivity contribution is 8.77. The first-order valence-electron chi connectivity index (χ1n) is 2.43. The molecule has 0 saturated heterocycles. The lowest BCUT2D eigenvalue weighted by atomic mass is 10.3. The molecule has 0 radical (unpaired) electrons. The van der Waals surface area contributed by atoms with Gasteiger partial charge in [-0.15, -0.1) is 0 Å². The van der Waals surface area contributed by atoms with Crippen LogP contribution in [0.1, 0.15) is 12.8 Å². The fourth-order valence-corrected chi connectivity index (χ4v) is 2.24. The minimum atomic E-state index is 1.28. The summed E-state index contributed by atoms with van der Waals surface area (Å²) < 4.78 is 0. The van der Waals surface area contributed by atoms with Gasteiger partial charge in [0.1, 0.15) is 0 Å². The quantitative estimate of drug-likeness (QED) is 0.465. The summed E-state index contributed by atoms with van der Waals surface area (Å²) in [5.74, 6) is 1.32. The lowest BCUT2D eigenvalue weighted by molar-refractivity contribution is 0.978. The minimum absolute atomic E-state index is 1.28. The lowest BCUT2D eigenvalue weighted by Gasteiger charge is -1.85. The molecule has 0 saturated carbocycles. The van der Waals surface area contributed by atoms with Crippen LogP contribution in [-0.2, 0) is 0 Å². The van der Waals surface area contributed by atoms with E-state index in [0.717, 1.165) is 0 Å². The topological polar surface area (TPSA) is 0 Å². The van der Waals surface area contributed by atoms with E-state index in [2.05, 4.69) is 11.5 Å². The summed E-state index contributed by atoms with van der Waals surface area (Å²) in [5.41, 5.74) is 0. The van der Waals surface area contributed by atoms with E-state index in [0.29, 0.717) is 0 Å². The molecule has 40 valence electrons. The van der Waals surface area contributed by atoms with Crippen LogP contribution in [0.15, 0.2) is 11.5 Å². The van der Waals surface area contributed by atoms with E-state index in [1.807, 2.05) is 21.6 Å². The molecule has 0 spiro atoms. The first-order valence-corrected chi connectivity index (χ1v) is 4.81. The molecular formula is C5H8S2. The van der Waals surface area contributed by atoms with E-state index in [1.165, 1.54) is 18.6 Å². The largest absolute Gasteiger partial charge is 0.0896 e. The van der Waals surface area contributed by atoms with Crippen molar-refractivity contribution in [2.75, 3.05) is 5.75 Å². The summed E-state index contributed by atoms with van der Waals surface area (Å²) in [6.07, 6.45) is 4.87. The molecule has 0 unspecified atom stereocenters. The molecule has 1 heterocycles. The van der Waals surface area contributed by atoms with Crippen LogP contribution < -0.4 is 0 Å². The van der Waals surface area contributed by atoms with Crippen LogP contribution in [0.25, 0.3) is 0 Å². The van der Waals surface area contributed by atoms with Gasteiger partial charge >= 0.3 is 0 Å². The van der Waals surface area contributed by atoms with E-state index in [4.69, 9.17) is 0 Å². The summed E-state index contributed by atoms with van der Waals surface area (Å²) in [6, 6.07) is 0. The van der Waals surface area contributed by atoms with Crippen molar-refractivity contribution in [2.24, 2.45) is 0 Å². The molecule has 0 aliphatic carbocycles. The normalized spacial score (nSPS) is 21.7. The zero-order valence-corrected chi connectivity index (χ0v) is 5.73. The van der Waals surface area contributed by atoms with Gasteiger partial charge in [0.25, 0.3) is 0 Å². The molecule has 1 rings (SSSR count). The number of hydrogen-bond donors (Lipinski definition) is 0. The van der Waals surface area contributed by atoms with Crippen LogP contribution in [-0.4, -0.2) is 5.75 Å². The fraction of sp³-hybridized carbons (Fsp3) is 0.600. The van der Waals surface area contributed by atoms with Gasteiger partial charge in [0.05, 0.1) is 0 Å². The van der Waals surface area contributed by atoms with Crippen molar-refractivity contribution in [2.45, 2.75) is 12.8 Å². The zero-order valence-electron chi connectivity index (χ0n) is 4.09. The number of hydrogen-bond acceptors (Lipinski definition) is 2. The van der Waals surface area contributed by atoms with E-state index in [1.54, 1.807) is 0 Å². The zero-order chi connectivity index (χ0) is 4.95. The smallest absolute Gasteiger partial charge is 0.00431 e. The summed E-state index contributed by atoms with van der Waals surface area (Å²) in [6.45, 7) is 0. The average molecular weight is 132 g/mol. The molecule has 0 nitrogen and oxygen atoms in total. The lowest BCUT2D eigenvalue weighted by Crippen LogP contribution is -1.68. The molecule has 0 aromatic rings. The highest BCUT2D eigenvalue weighted by atomic mass is 33.1. The van der Waals surface area contributed by atoms with Crippen molar-refractivity contribution in [1.29, 1.82) is 0 Å². The molecule has 0 fully saturated rings. The van der Waals surface area contributed by atoms with Crippen LogP contribution in [0.2, 0.25) is 0 Å². The molecule has 0 atom stereocenters. The van der Waals surface area contributed by atoms with Gasteiger partial charge in [0.15, 0.2) is 0 Å². The summed E-state index contributed by atoms with van der Waals surface area (Å²) >= 11 is 0. The van der Waals surface area contributed by atoms with Crippen molar-refractivity contribution in [1.82, 2.24) is 0 Å². The first kappa shape index (κ1) is 5.57. The maximum atomic E-state index is 2.24. The minimum Gasteiger partial charge on any atom is -0.0896 e. The van der Waals surface area contributed by atoms with Gasteiger partial charge in [-0.3, -0.25) is 0 Å². The Morgan fingerprint density at radius 2 is 2.43 bits per heavy atom. The Labute approximate surface area is 52.1 Å². The van der Waals surface area contributed by atoms with Crippen molar-refractivity contribution in [3.05, 3.63) is 11.5 Å². The second kappa shape index (κ2) is 3.44. The molecular weight excluding hydrogens is 124 g/mol. The van der Waals surface area contributed by atoms with Gasteiger partial charge in [-0.25, -0.2) is 0 Å². The van der Waals surface area contributed by atoms with Crippen LogP contribution in [0.4, 0.5) is 0 Å². The number of rotatable bonds is 0. The second-order valence-electron chi connectivity index (χ2n) is 1.43. The Kier molecular flexibility index (Phi) is 2.74. The van der Waals surface area contributed by atoms with Crippen LogP contribution >= 0.6 is 21.6 Å². The third kappa shape index (κ3) is 2.29. The Balaban J connectivity index is 2.20. The van der Waals surface area contributed by atoms with E-state index in [-0.39, 0.29) is 0 Å². The molecule has 0 aromatic carbocycles. The average Bonchev–Trinajstić information content (AvgIpc) is 1.90. The van der Waals surface area contributed by atoms with Crippen LogP contribution in [0.3, 0.4) is 0 Å². The van der Waals surface area contributed by atoms with Crippen LogP contribution in [0.5, 0.6) is 0 Å². The van der Waals surface area contributed by atoms with E-state index < -0.39 is 0 Å². The molecule has 0 amide bonds. The van der Waals surface area contributed by atoms with Gasteiger partial charge in [-0.1, -0.05) is 27.7 Å². The molecule has 1 aliphatic rings. The highest BCUT2D eigenvalue weighted by Crippen LogP contribution is 2.26. The van der Waals surface area contributed by atoms with Gasteiger partial charge in [0.2, 0.25) is 0 Å². The van der Waals surface area contributed by atoms with Crippen molar-refractivity contribution in [3.8, 4) is 0 Å². The number of allylic oxidation sites excluding steroid dienone is 1. The molecule has 0 aromatic heterocycles. The van der Waals surface area contributed by atoms with Gasteiger partial charge in [-0.05, 0) is 18.2 Å². The van der Waals surface area contributed by atoms with Gasteiger partial charge in [0, 0.05) is 5.75 Å². The molecule has 2 heteroatoms. The highest BCUT2D eigenvalue weighted by Gasteiger charge is 1.89. The SMILES string of the molecule is C1=CSSCCC1. The summed E-state index contributed by atoms with van der Waals surface area (Å²) in [7, 11) is 3.80. The summed E-state index contributed by atoms with van der Waals surface area (Å²) in [4.78, 5) is 0. The molecule has 1 aliphatic heterocycles. The Hall–Kier alpha value is 0.440. The van der Waals surface area contributed by atoms with Crippen molar-refractivity contribution < 1.29 is 0 Å². The standard InChI is InChI=1S/C5H8S2/c1-2-4-6-7-5-3-1/h2,4H,1,3,5H2. The van der Waals surface area contributed by atoms with E-state index >= 15 is 0 Å². The third-order valence-corrected chi connectivity index (χ3v) is 2.95. The van der Waals surface area contributed by atoms with Crippen molar-refractivity contribution >= 4 is 21.6 Å². The predicted octanol–water partition coefficient (Wildman–Crippen LogP) is 2.68. The van der Waals surface area contributed by atoms with Crippen molar-refractivity contribution in [3.63, 3.8) is 0 Å². The van der Waals surface area contributed by atoms with Crippen LogP contribution in [0, 0.1) is 0 Å². The maximum Gasteiger partial charge on any atom is 0.00431 e. The monoisotopic (exact) mass is 132 g/mol.